The number of halogens is 2. The Hall–Kier alpha value is -3.40. The summed E-state index contributed by atoms with van der Waals surface area (Å²) in [4.78, 5) is 11.6. The van der Waals surface area contributed by atoms with Crippen LogP contribution in [-0.4, -0.2) is 39.6 Å². The van der Waals surface area contributed by atoms with E-state index in [2.05, 4.69) is 20.6 Å². The summed E-state index contributed by atoms with van der Waals surface area (Å²) in [6.45, 7) is 1.00. The number of amides is 1. The van der Waals surface area contributed by atoms with Gasteiger partial charge in [-0.25, -0.2) is 8.78 Å². The Morgan fingerprint density at radius 3 is 2.70 bits per heavy atom. The Bertz CT molecular complexity index is 956. The second-order valence-electron chi connectivity index (χ2n) is 5.56. The van der Waals surface area contributed by atoms with E-state index in [1.165, 1.54) is 18.3 Å². The fraction of sp³-hybridized carbons (Fsp3) is 0.176. The van der Waals surface area contributed by atoms with Crippen LogP contribution in [0.5, 0.6) is 0 Å². The molecule has 0 fully saturated rings. The van der Waals surface area contributed by atoms with Crippen LogP contribution < -0.4 is 11.1 Å². The predicted octanol–water partition coefficient (Wildman–Crippen LogP) is 2.11. The molecule has 0 unspecified atom stereocenters. The normalized spacial score (nSPS) is 10.8. The van der Waals surface area contributed by atoms with Gasteiger partial charge in [0.25, 0.3) is 5.91 Å². The van der Waals surface area contributed by atoms with Gasteiger partial charge in [-0.2, -0.15) is 5.10 Å². The third-order valence-electron chi connectivity index (χ3n) is 3.68. The number of nitrogens with two attached hydrogens (primary N) is 1. The van der Waals surface area contributed by atoms with Crippen molar-refractivity contribution in [2.45, 2.75) is 6.54 Å². The molecule has 0 saturated carbocycles. The molecule has 2 aromatic heterocycles. The van der Waals surface area contributed by atoms with Gasteiger partial charge in [-0.05, 0) is 18.2 Å². The highest BCUT2D eigenvalue weighted by atomic mass is 19.1. The van der Waals surface area contributed by atoms with Crippen LogP contribution in [0.25, 0.3) is 11.3 Å². The fourth-order valence-corrected chi connectivity index (χ4v) is 2.42. The molecular weight excluding hydrogens is 358 g/mol. The maximum atomic E-state index is 14.0. The number of rotatable bonds is 7. The SMILES string of the molecule is COCCn1cc(Nc2cc(-c3c(F)cccc3F)nnc2C(N)=O)cn1. The largest absolute Gasteiger partial charge is 0.383 e. The van der Waals surface area contributed by atoms with Gasteiger partial charge in [-0.3, -0.25) is 9.48 Å². The van der Waals surface area contributed by atoms with E-state index >= 15 is 0 Å². The van der Waals surface area contributed by atoms with Gasteiger partial charge < -0.3 is 15.8 Å². The van der Waals surface area contributed by atoms with Crippen molar-refractivity contribution >= 4 is 17.3 Å². The first kappa shape index (κ1) is 18.4. The van der Waals surface area contributed by atoms with Gasteiger partial charge in [0.1, 0.15) is 17.3 Å². The molecule has 140 valence electrons. The number of benzene rings is 1. The first-order chi connectivity index (χ1) is 13.0. The number of ether oxygens (including phenoxy) is 1. The van der Waals surface area contributed by atoms with Crippen LogP contribution in [0.4, 0.5) is 20.2 Å². The number of aromatic nitrogens is 4. The van der Waals surface area contributed by atoms with Crippen molar-refractivity contribution in [2.24, 2.45) is 5.73 Å². The quantitative estimate of drug-likeness (QED) is 0.656. The summed E-state index contributed by atoms with van der Waals surface area (Å²) >= 11 is 0. The first-order valence-electron chi connectivity index (χ1n) is 7.90. The molecule has 0 radical (unpaired) electrons. The summed E-state index contributed by atoms with van der Waals surface area (Å²) in [5.74, 6) is -2.43. The van der Waals surface area contributed by atoms with Crippen molar-refractivity contribution in [3.05, 3.63) is 54.0 Å². The van der Waals surface area contributed by atoms with Crippen LogP contribution in [-0.2, 0) is 11.3 Å². The lowest BCUT2D eigenvalue weighted by Gasteiger charge is -2.10. The number of nitrogens with one attached hydrogen (secondary N) is 1. The zero-order chi connectivity index (χ0) is 19.4. The van der Waals surface area contributed by atoms with Gasteiger partial charge in [0.15, 0.2) is 5.69 Å². The van der Waals surface area contributed by atoms with E-state index in [0.717, 1.165) is 12.1 Å². The molecule has 2 heterocycles. The minimum atomic E-state index is -0.836. The molecule has 0 spiro atoms. The monoisotopic (exact) mass is 374 g/mol. The Kier molecular flexibility index (Phi) is 5.36. The molecular formula is C17H16F2N6O2. The van der Waals surface area contributed by atoms with Gasteiger partial charge in [0.05, 0.1) is 36.3 Å². The van der Waals surface area contributed by atoms with E-state index in [1.807, 2.05) is 0 Å². The van der Waals surface area contributed by atoms with Crippen molar-refractivity contribution in [3.8, 4) is 11.3 Å². The fourth-order valence-electron chi connectivity index (χ4n) is 2.42. The van der Waals surface area contributed by atoms with Crippen molar-refractivity contribution in [1.29, 1.82) is 0 Å². The van der Waals surface area contributed by atoms with Crippen molar-refractivity contribution in [3.63, 3.8) is 0 Å². The molecule has 1 aromatic carbocycles. The average Bonchev–Trinajstić information content (AvgIpc) is 3.07. The molecule has 3 N–H and O–H groups in total. The second-order valence-corrected chi connectivity index (χ2v) is 5.56. The maximum absolute atomic E-state index is 14.0. The van der Waals surface area contributed by atoms with Crippen LogP contribution in [0.15, 0.2) is 36.7 Å². The third-order valence-corrected chi connectivity index (χ3v) is 3.68. The van der Waals surface area contributed by atoms with E-state index in [0.29, 0.717) is 18.8 Å². The molecule has 0 bridgehead atoms. The van der Waals surface area contributed by atoms with Gasteiger partial charge in [0, 0.05) is 13.3 Å². The van der Waals surface area contributed by atoms with Gasteiger partial charge >= 0.3 is 0 Å². The highest BCUT2D eigenvalue weighted by Gasteiger charge is 2.18. The number of hydrogen-bond acceptors (Lipinski definition) is 6. The van der Waals surface area contributed by atoms with Crippen LogP contribution >= 0.6 is 0 Å². The number of primary amides is 1. The molecule has 10 heteroatoms. The molecule has 1 amide bonds. The summed E-state index contributed by atoms with van der Waals surface area (Å²) in [5.41, 5.74) is 5.41. The van der Waals surface area contributed by atoms with Crippen molar-refractivity contribution in [2.75, 3.05) is 19.0 Å². The second kappa shape index (κ2) is 7.87. The molecule has 27 heavy (non-hydrogen) atoms. The average molecular weight is 374 g/mol. The van der Waals surface area contributed by atoms with Gasteiger partial charge in [0.2, 0.25) is 0 Å². The highest BCUT2D eigenvalue weighted by Crippen LogP contribution is 2.28. The number of carbonyl (C=O) groups is 1. The molecule has 3 rings (SSSR count). The zero-order valence-corrected chi connectivity index (χ0v) is 14.3. The molecule has 0 aliphatic carbocycles. The summed E-state index contributed by atoms with van der Waals surface area (Å²) in [6.07, 6.45) is 3.19. The smallest absolute Gasteiger partial charge is 0.271 e. The lowest BCUT2D eigenvalue weighted by atomic mass is 10.1. The summed E-state index contributed by atoms with van der Waals surface area (Å²) in [5, 5.41) is 14.5. The van der Waals surface area contributed by atoms with E-state index in [-0.39, 0.29) is 22.6 Å². The maximum Gasteiger partial charge on any atom is 0.271 e. The molecule has 0 saturated heterocycles. The zero-order valence-electron chi connectivity index (χ0n) is 14.3. The summed E-state index contributed by atoms with van der Waals surface area (Å²) in [6, 6.07) is 4.76. The Morgan fingerprint density at radius 1 is 1.30 bits per heavy atom. The lowest BCUT2D eigenvalue weighted by Crippen LogP contribution is -2.16. The van der Waals surface area contributed by atoms with E-state index in [1.54, 1.807) is 18.0 Å². The molecule has 3 aromatic rings. The number of hydrogen-bond donors (Lipinski definition) is 2. The Morgan fingerprint density at radius 2 is 2.04 bits per heavy atom. The van der Waals surface area contributed by atoms with Crippen molar-refractivity contribution < 1.29 is 18.3 Å². The van der Waals surface area contributed by atoms with Crippen molar-refractivity contribution in [1.82, 2.24) is 20.0 Å². The van der Waals surface area contributed by atoms with Crippen LogP contribution in [0.3, 0.4) is 0 Å². The number of nitrogens with zero attached hydrogens (tertiary/aromatic N) is 4. The lowest BCUT2D eigenvalue weighted by molar-refractivity contribution is 0.0995. The van der Waals surface area contributed by atoms with Gasteiger partial charge in [-0.1, -0.05) is 6.07 Å². The number of anilines is 2. The molecule has 0 aliphatic heterocycles. The number of carbonyl (C=O) groups excluding carboxylic acids is 1. The van der Waals surface area contributed by atoms with Crippen LogP contribution in [0.1, 0.15) is 10.5 Å². The van der Waals surface area contributed by atoms with E-state index < -0.39 is 17.5 Å². The molecule has 8 nitrogen and oxygen atoms in total. The summed E-state index contributed by atoms with van der Waals surface area (Å²) in [7, 11) is 1.58. The van der Waals surface area contributed by atoms with Crippen LogP contribution in [0, 0.1) is 11.6 Å². The predicted molar refractivity (Wildman–Crippen MR) is 93.3 cm³/mol. The molecule has 0 aliphatic rings. The minimum absolute atomic E-state index is 0.0788. The Balaban J connectivity index is 1.98. The topological polar surface area (TPSA) is 108 Å². The van der Waals surface area contributed by atoms with E-state index in [4.69, 9.17) is 10.5 Å². The minimum Gasteiger partial charge on any atom is -0.383 e. The summed E-state index contributed by atoms with van der Waals surface area (Å²) < 4.78 is 34.7. The van der Waals surface area contributed by atoms with Crippen LogP contribution in [0.2, 0.25) is 0 Å². The van der Waals surface area contributed by atoms with E-state index in [9.17, 15) is 13.6 Å². The third kappa shape index (κ3) is 4.06. The van der Waals surface area contributed by atoms with Gasteiger partial charge in [-0.15, -0.1) is 10.2 Å². The number of methoxy groups -OCH3 is 1. The highest BCUT2D eigenvalue weighted by molar-refractivity contribution is 5.97. The standard InChI is InChI=1S/C17H16F2N6O2/c1-27-6-5-25-9-10(8-21-25)22-14-7-13(23-24-16(14)17(20)26)15-11(18)3-2-4-12(15)19/h2-4,7-9H,5-6H2,1H3,(H2,20,26)(H,22,23). The molecule has 0 atom stereocenters. The Labute approximate surface area is 153 Å². The first-order valence-corrected chi connectivity index (χ1v) is 7.90.